The van der Waals surface area contributed by atoms with Crippen molar-refractivity contribution in [2.45, 2.75) is 25.7 Å². The van der Waals surface area contributed by atoms with Crippen LogP contribution in [-0.4, -0.2) is 54.5 Å². The summed E-state index contributed by atoms with van der Waals surface area (Å²) >= 11 is 8.01. The Morgan fingerprint density at radius 2 is 2.13 bits per heavy atom. The van der Waals surface area contributed by atoms with Crippen LogP contribution in [0.1, 0.15) is 36.0 Å². The topological polar surface area (TPSA) is 70.2 Å². The second kappa shape index (κ2) is 9.94. The van der Waals surface area contributed by atoms with E-state index in [4.69, 9.17) is 11.6 Å². The van der Waals surface area contributed by atoms with E-state index in [9.17, 15) is 4.79 Å². The zero-order valence-electron chi connectivity index (χ0n) is 17.9. The average molecular weight is 458 g/mol. The van der Waals surface area contributed by atoms with Gasteiger partial charge in [0.15, 0.2) is 0 Å². The molecule has 1 fully saturated rings. The first-order chi connectivity index (χ1) is 15.0. The Labute approximate surface area is 192 Å². The summed E-state index contributed by atoms with van der Waals surface area (Å²) in [5.41, 5.74) is 1.35. The van der Waals surface area contributed by atoms with E-state index in [0.29, 0.717) is 22.2 Å². The van der Waals surface area contributed by atoms with Crippen molar-refractivity contribution < 1.29 is 4.79 Å². The summed E-state index contributed by atoms with van der Waals surface area (Å²) < 4.78 is 1.03. The van der Waals surface area contributed by atoms with Crippen molar-refractivity contribution in [3.63, 3.8) is 0 Å². The predicted octanol–water partition coefficient (Wildman–Crippen LogP) is 4.91. The molecule has 0 aliphatic carbocycles. The highest BCUT2D eigenvalue weighted by atomic mass is 35.5. The summed E-state index contributed by atoms with van der Waals surface area (Å²) in [6, 6.07) is 7.72. The smallest absolute Gasteiger partial charge is 0.251 e. The number of nitrogens with zero attached hydrogens (tertiary/aromatic N) is 3. The molecule has 3 aromatic rings. The van der Waals surface area contributed by atoms with Crippen molar-refractivity contribution in [3.05, 3.63) is 41.0 Å². The van der Waals surface area contributed by atoms with E-state index >= 15 is 0 Å². The van der Waals surface area contributed by atoms with Gasteiger partial charge in [0.25, 0.3) is 5.91 Å². The lowest BCUT2D eigenvalue weighted by Crippen LogP contribution is -2.30. The molecule has 1 aromatic carbocycles. The number of amides is 1. The van der Waals surface area contributed by atoms with Crippen molar-refractivity contribution in [2.75, 3.05) is 39.0 Å². The summed E-state index contributed by atoms with van der Waals surface area (Å²) in [5, 5.41) is 7.46. The van der Waals surface area contributed by atoms with Crippen LogP contribution in [0.15, 0.2) is 30.5 Å². The number of anilines is 1. The van der Waals surface area contributed by atoms with Gasteiger partial charge in [-0.15, -0.1) is 11.3 Å². The molecule has 2 aromatic heterocycles. The molecule has 4 rings (SSSR count). The molecule has 0 bridgehead atoms. The summed E-state index contributed by atoms with van der Waals surface area (Å²) in [7, 11) is 3.84. The Kier molecular flexibility index (Phi) is 7.05. The van der Waals surface area contributed by atoms with Gasteiger partial charge >= 0.3 is 0 Å². The van der Waals surface area contributed by atoms with Crippen molar-refractivity contribution in [1.29, 1.82) is 0 Å². The van der Waals surface area contributed by atoms with Crippen LogP contribution in [0.2, 0.25) is 5.02 Å². The van der Waals surface area contributed by atoms with Gasteiger partial charge < -0.3 is 15.5 Å². The Morgan fingerprint density at radius 3 is 2.90 bits per heavy atom. The van der Waals surface area contributed by atoms with Crippen LogP contribution in [0.5, 0.6) is 0 Å². The van der Waals surface area contributed by atoms with Gasteiger partial charge in [-0.1, -0.05) is 17.7 Å². The quantitative estimate of drug-likeness (QED) is 0.493. The van der Waals surface area contributed by atoms with Crippen LogP contribution < -0.4 is 10.6 Å². The monoisotopic (exact) mass is 457 g/mol. The highest BCUT2D eigenvalue weighted by Crippen LogP contribution is 2.37. The molecule has 8 heteroatoms. The molecule has 0 atom stereocenters. The summed E-state index contributed by atoms with van der Waals surface area (Å²) in [5.74, 6) is 1.32. The zero-order chi connectivity index (χ0) is 21.8. The first kappa shape index (κ1) is 22.0. The van der Waals surface area contributed by atoms with Gasteiger partial charge in [0.2, 0.25) is 5.95 Å². The van der Waals surface area contributed by atoms with Gasteiger partial charge in [-0.3, -0.25) is 4.79 Å². The summed E-state index contributed by atoms with van der Waals surface area (Å²) in [6.45, 7) is 3.26. The minimum absolute atomic E-state index is 0.101. The number of carbonyl (C=O) groups is 1. The first-order valence-corrected chi connectivity index (χ1v) is 11.9. The Hall–Kier alpha value is -2.22. The maximum Gasteiger partial charge on any atom is 0.251 e. The fourth-order valence-corrected chi connectivity index (χ4v) is 5.42. The Balaban J connectivity index is 1.45. The minimum atomic E-state index is -0.101. The molecule has 6 nitrogen and oxygen atoms in total. The van der Waals surface area contributed by atoms with Crippen LogP contribution in [0.4, 0.5) is 5.95 Å². The lowest BCUT2D eigenvalue weighted by molar-refractivity contribution is 0.0965. The number of carbonyl (C=O) groups excluding carboxylic acids is 1. The van der Waals surface area contributed by atoms with E-state index in [1.165, 1.54) is 32.4 Å². The highest BCUT2D eigenvalue weighted by molar-refractivity contribution is 7.22. The summed E-state index contributed by atoms with van der Waals surface area (Å²) in [4.78, 5) is 24.6. The molecular formula is C23H28ClN5OS. The number of piperidine rings is 1. The third-order valence-electron chi connectivity index (χ3n) is 5.92. The van der Waals surface area contributed by atoms with E-state index < -0.39 is 0 Å². The molecule has 31 heavy (non-hydrogen) atoms. The van der Waals surface area contributed by atoms with Crippen LogP contribution in [-0.2, 0) is 0 Å². The molecule has 2 N–H and O–H groups in total. The number of fused-ring (bicyclic) bond motifs is 1. The van der Waals surface area contributed by atoms with Gasteiger partial charge in [0, 0.05) is 29.2 Å². The molecule has 3 heterocycles. The Bertz CT molecular complexity index is 1060. The van der Waals surface area contributed by atoms with Crippen LogP contribution in [0.25, 0.3) is 20.7 Å². The molecule has 1 saturated heterocycles. The van der Waals surface area contributed by atoms with E-state index in [-0.39, 0.29) is 5.91 Å². The first-order valence-electron chi connectivity index (χ1n) is 10.7. The number of hydrogen-bond donors (Lipinski definition) is 2. The van der Waals surface area contributed by atoms with Crippen molar-refractivity contribution in [2.24, 2.45) is 5.92 Å². The van der Waals surface area contributed by atoms with Gasteiger partial charge in [-0.25, -0.2) is 9.97 Å². The number of halogens is 1. The zero-order valence-corrected chi connectivity index (χ0v) is 19.5. The fraction of sp³-hybridized carbons (Fsp3) is 0.435. The third-order valence-corrected chi connectivity index (χ3v) is 7.30. The molecule has 1 aliphatic rings. The van der Waals surface area contributed by atoms with E-state index in [2.05, 4.69) is 32.5 Å². The second-order valence-electron chi connectivity index (χ2n) is 8.11. The Morgan fingerprint density at radius 1 is 1.32 bits per heavy atom. The molecular weight excluding hydrogens is 430 g/mol. The number of benzene rings is 1. The third kappa shape index (κ3) is 5.17. The van der Waals surface area contributed by atoms with Crippen molar-refractivity contribution in [3.8, 4) is 10.6 Å². The number of thiophene rings is 1. The molecule has 0 radical (unpaired) electrons. The normalized spacial score (nSPS) is 15.3. The molecule has 1 aliphatic heterocycles. The molecule has 0 unspecified atom stereocenters. The van der Waals surface area contributed by atoms with E-state index in [1.54, 1.807) is 24.6 Å². The number of likely N-dealkylation sites (tertiary alicyclic amines) is 1. The molecule has 0 spiro atoms. The predicted molar refractivity (Wildman–Crippen MR) is 129 cm³/mol. The van der Waals surface area contributed by atoms with Gasteiger partial charge in [-0.05, 0) is 69.9 Å². The maximum absolute atomic E-state index is 12.2. The minimum Gasteiger partial charge on any atom is -0.355 e. The number of hydrogen-bond acceptors (Lipinski definition) is 6. The summed E-state index contributed by atoms with van der Waals surface area (Å²) in [6.07, 6.45) is 6.57. The SMILES string of the molecule is CNC(=O)c1cccc2sc(-c3nc(NCCCC4CCN(C)CC4)ncc3Cl)cc12. The highest BCUT2D eigenvalue weighted by Gasteiger charge is 2.17. The lowest BCUT2D eigenvalue weighted by Gasteiger charge is -2.28. The molecule has 0 saturated carbocycles. The van der Waals surface area contributed by atoms with Crippen LogP contribution >= 0.6 is 22.9 Å². The second-order valence-corrected chi connectivity index (χ2v) is 9.60. The largest absolute Gasteiger partial charge is 0.355 e. The van der Waals surface area contributed by atoms with E-state index in [1.807, 2.05) is 24.3 Å². The van der Waals surface area contributed by atoms with E-state index in [0.717, 1.165) is 33.8 Å². The average Bonchev–Trinajstić information content (AvgIpc) is 3.22. The fourth-order valence-electron chi connectivity index (χ4n) is 4.08. The van der Waals surface area contributed by atoms with Gasteiger partial charge in [0.05, 0.1) is 16.1 Å². The van der Waals surface area contributed by atoms with Gasteiger partial charge in [-0.2, -0.15) is 0 Å². The van der Waals surface area contributed by atoms with Crippen LogP contribution in [0.3, 0.4) is 0 Å². The number of rotatable bonds is 7. The van der Waals surface area contributed by atoms with Crippen molar-refractivity contribution in [1.82, 2.24) is 20.2 Å². The molecule has 1 amide bonds. The molecule has 164 valence electrons. The number of aromatic nitrogens is 2. The standard InChI is InChI=1S/C23H28ClN5OS/c1-25-22(30)16-6-3-7-19-17(16)13-20(31-19)21-18(24)14-27-23(28-21)26-10-4-5-15-8-11-29(2)12-9-15/h3,6-7,13-15H,4-5,8-12H2,1-2H3,(H,25,30)(H,26,27,28). The number of nitrogens with one attached hydrogen (secondary N) is 2. The van der Waals surface area contributed by atoms with Gasteiger partial charge in [0.1, 0.15) is 5.69 Å². The lowest BCUT2D eigenvalue weighted by atomic mass is 9.92. The maximum atomic E-state index is 12.2. The van der Waals surface area contributed by atoms with Crippen molar-refractivity contribution >= 4 is 44.9 Å². The van der Waals surface area contributed by atoms with Crippen LogP contribution in [0, 0.1) is 5.92 Å².